The van der Waals surface area contributed by atoms with Gasteiger partial charge < -0.3 is 48.8 Å². The monoisotopic (exact) mass is 461 g/mol. The smallest absolute Gasteiger partial charge is 0.407 e. The Balaban J connectivity index is 4.69. The molecule has 0 saturated heterocycles. The minimum atomic E-state index is -0.922. The molecule has 0 aliphatic carbocycles. The normalized spacial score (nSPS) is 13.6. The quantitative estimate of drug-likeness (QED) is 0.121. The summed E-state index contributed by atoms with van der Waals surface area (Å²) < 4.78 is 10.1. The van der Waals surface area contributed by atoms with E-state index in [2.05, 4.69) is 10.6 Å². The summed E-state index contributed by atoms with van der Waals surface area (Å²) in [4.78, 5) is 35.5. The van der Waals surface area contributed by atoms with Crippen LogP contribution in [0.1, 0.15) is 57.8 Å². The fourth-order valence-corrected chi connectivity index (χ4v) is 2.98. The maximum atomic E-state index is 12.4. The Morgan fingerprint density at radius 1 is 0.688 bits per heavy atom. The lowest BCUT2D eigenvalue weighted by atomic mass is 10.1. The molecule has 0 bridgehead atoms. The summed E-state index contributed by atoms with van der Waals surface area (Å²) in [6.07, 6.45) is 4.70. The lowest BCUT2D eigenvalue weighted by molar-refractivity contribution is -0.123. The van der Waals surface area contributed by atoms with E-state index in [4.69, 9.17) is 38.1 Å². The van der Waals surface area contributed by atoms with E-state index in [1.54, 1.807) is 0 Å². The number of nitrogens with two attached hydrogens (primary N) is 5. The average molecular weight is 462 g/mol. The Labute approximate surface area is 190 Å². The molecular formula is C20H43N7O5. The van der Waals surface area contributed by atoms with E-state index in [9.17, 15) is 14.4 Å². The zero-order valence-electron chi connectivity index (χ0n) is 19.1. The first kappa shape index (κ1) is 29.9. The molecule has 32 heavy (non-hydrogen) atoms. The molecule has 188 valence electrons. The van der Waals surface area contributed by atoms with Crippen molar-refractivity contribution in [2.24, 2.45) is 28.7 Å². The number of carbonyl (C=O) groups excluding carboxylic acids is 3. The largest absolute Gasteiger partial charge is 0.448 e. The van der Waals surface area contributed by atoms with Crippen LogP contribution in [0.2, 0.25) is 0 Å². The molecular weight excluding hydrogens is 418 g/mol. The number of hydrogen-bond acceptors (Lipinski definition) is 9. The second-order valence-corrected chi connectivity index (χ2v) is 7.74. The van der Waals surface area contributed by atoms with Crippen LogP contribution in [0.25, 0.3) is 0 Å². The number of nitrogens with one attached hydrogen (secondary N) is 2. The van der Waals surface area contributed by atoms with Crippen LogP contribution in [0.3, 0.4) is 0 Å². The number of unbranched alkanes of at least 4 members (excludes halogenated alkanes) is 3. The standard InChI is InChI=1S/C20H43N7O5/c21-10-4-1-7-15(26-18(28)17(24)9-3-6-12-23)14-32-20(30)27-16(8-2-5-11-22)13-31-19(25)29/h15-17H,1-14,21-24H2,(H2,25,29)(H,26,28)(H,27,30)/t15-,16-,17-/m0/s1. The van der Waals surface area contributed by atoms with Crippen molar-refractivity contribution in [1.29, 1.82) is 0 Å². The van der Waals surface area contributed by atoms with Crippen molar-refractivity contribution in [3.63, 3.8) is 0 Å². The highest BCUT2D eigenvalue weighted by Crippen LogP contribution is 2.06. The molecule has 3 amide bonds. The number of rotatable bonds is 19. The average Bonchev–Trinajstić information content (AvgIpc) is 2.75. The summed E-state index contributed by atoms with van der Waals surface area (Å²) in [6.45, 7) is 1.52. The third-order valence-corrected chi connectivity index (χ3v) is 4.83. The van der Waals surface area contributed by atoms with Crippen LogP contribution in [0.4, 0.5) is 9.59 Å². The maximum Gasteiger partial charge on any atom is 0.407 e. The molecule has 0 aromatic carbocycles. The summed E-state index contributed by atoms with van der Waals surface area (Å²) in [7, 11) is 0. The minimum Gasteiger partial charge on any atom is -0.448 e. The summed E-state index contributed by atoms with van der Waals surface area (Å²) >= 11 is 0. The van der Waals surface area contributed by atoms with Crippen LogP contribution < -0.4 is 39.3 Å². The Bertz CT molecular complexity index is 525. The second kappa shape index (κ2) is 19.5. The molecule has 0 rings (SSSR count). The van der Waals surface area contributed by atoms with Crippen molar-refractivity contribution in [3.05, 3.63) is 0 Å². The molecule has 0 aliphatic heterocycles. The number of amides is 3. The van der Waals surface area contributed by atoms with Crippen molar-refractivity contribution in [2.45, 2.75) is 75.9 Å². The van der Waals surface area contributed by atoms with Gasteiger partial charge in [-0.2, -0.15) is 0 Å². The second-order valence-electron chi connectivity index (χ2n) is 7.74. The van der Waals surface area contributed by atoms with E-state index in [1.807, 2.05) is 0 Å². The molecule has 0 fully saturated rings. The van der Waals surface area contributed by atoms with Gasteiger partial charge in [-0.25, -0.2) is 9.59 Å². The van der Waals surface area contributed by atoms with Gasteiger partial charge in [0.1, 0.15) is 13.2 Å². The van der Waals surface area contributed by atoms with Crippen molar-refractivity contribution in [1.82, 2.24) is 10.6 Å². The lowest BCUT2D eigenvalue weighted by Gasteiger charge is -2.22. The van der Waals surface area contributed by atoms with Gasteiger partial charge in [0, 0.05) is 0 Å². The molecule has 0 saturated carbocycles. The van der Waals surface area contributed by atoms with Gasteiger partial charge in [0.05, 0.1) is 18.1 Å². The van der Waals surface area contributed by atoms with E-state index in [0.717, 1.165) is 38.5 Å². The van der Waals surface area contributed by atoms with Gasteiger partial charge in [-0.05, 0) is 58.2 Å². The minimum absolute atomic E-state index is 0.0239. The molecule has 12 N–H and O–H groups in total. The van der Waals surface area contributed by atoms with E-state index in [0.29, 0.717) is 38.9 Å². The molecule has 0 aromatic heterocycles. The molecule has 0 heterocycles. The summed E-state index contributed by atoms with van der Waals surface area (Å²) in [5.41, 5.74) is 27.4. The predicted molar refractivity (Wildman–Crippen MR) is 122 cm³/mol. The number of ether oxygens (including phenoxy) is 2. The van der Waals surface area contributed by atoms with E-state index < -0.39 is 30.3 Å². The zero-order chi connectivity index (χ0) is 24.2. The van der Waals surface area contributed by atoms with Crippen LogP contribution in [-0.2, 0) is 14.3 Å². The molecule has 12 heteroatoms. The first-order valence-electron chi connectivity index (χ1n) is 11.4. The van der Waals surface area contributed by atoms with E-state index in [1.165, 1.54) is 0 Å². The van der Waals surface area contributed by atoms with Crippen LogP contribution in [0, 0.1) is 0 Å². The van der Waals surface area contributed by atoms with Gasteiger partial charge >= 0.3 is 12.2 Å². The van der Waals surface area contributed by atoms with Crippen LogP contribution in [0.5, 0.6) is 0 Å². The van der Waals surface area contributed by atoms with Gasteiger partial charge in [-0.1, -0.05) is 19.3 Å². The topological polar surface area (TPSA) is 224 Å². The third kappa shape index (κ3) is 16.5. The van der Waals surface area contributed by atoms with Crippen molar-refractivity contribution < 1.29 is 23.9 Å². The van der Waals surface area contributed by atoms with Crippen molar-refractivity contribution >= 4 is 18.1 Å². The van der Waals surface area contributed by atoms with Gasteiger partial charge in [0.25, 0.3) is 0 Å². The number of alkyl carbamates (subject to hydrolysis) is 1. The Hall–Kier alpha value is -2.15. The van der Waals surface area contributed by atoms with Gasteiger partial charge in [-0.3, -0.25) is 4.79 Å². The van der Waals surface area contributed by atoms with Gasteiger partial charge in [-0.15, -0.1) is 0 Å². The van der Waals surface area contributed by atoms with E-state index in [-0.39, 0.29) is 19.1 Å². The van der Waals surface area contributed by atoms with Crippen molar-refractivity contribution in [3.8, 4) is 0 Å². The molecule has 12 nitrogen and oxygen atoms in total. The highest BCUT2D eigenvalue weighted by atomic mass is 16.6. The first-order chi connectivity index (χ1) is 15.3. The molecule has 0 aromatic rings. The van der Waals surface area contributed by atoms with E-state index >= 15 is 0 Å². The van der Waals surface area contributed by atoms with Crippen LogP contribution >= 0.6 is 0 Å². The molecule has 0 unspecified atom stereocenters. The highest BCUT2D eigenvalue weighted by molar-refractivity contribution is 5.81. The Morgan fingerprint density at radius 2 is 1.16 bits per heavy atom. The zero-order valence-corrected chi connectivity index (χ0v) is 19.1. The van der Waals surface area contributed by atoms with Crippen LogP contribution in [-0.4, -0.2) is 69.1 Å². The SMILES string of the molecule is NCCCC[C@@H](COC(N)=O)NC(=O)OC[C@H](CCCCN)NC(=O)[C@@H](N)CCCCN. The molecule has 0 radical (unpaired) electrons. The highest BCUT2D eigenvalue weighted by Gasteiger charge is 2.20. The maximum absolute atomic E-state index is 12.4. The van der Waals surface area contributed by atoms with Crippen LogP contribution in [0.15, 0.2) is 0 Å². The lowest BCUT2D eigenvalue weighted by Crippen LogP contribution is -2.48. The number of hydrogen-bond donors (Lipinski definition) is 7. The van der Waals surface area contributed by atoms with Gasteiger partial charge in [0.2, 0.25) is 5.91 Å². The number of carbonyl (C=O) groups is 3. The first-order valence-corrected chi connectivity index (χ1v) is 11.4. The summed E-state index contributed by atoms with van der Waals surface area (Å²) in [5, 5.41) is 5.51. The number of primary amides is 1. The predicted octanol–water partition coefficient (Wildman–Crippen LogP) is -0.624. The third-order valence-electron chi connectivity index (χ3n) is 4.83. The van der Waals surface area contributed by atoms with Crippen molar-refractivity contribution in [2.75, 3.05) is 32.8 Å². The van der Waals surface area contributed by atoms with Gasteiger partial charge in [0.15, 0.2) is 0 Å². The Morgan fingerprint density at radius 3 is 1.66 bits per heavy atom. The summed E-state index contributed by atoms with van der Waals surface area (Å²) in [5.74, 6) is -0.293. The molecule has 3 atom stereocenters. The fourth-order valence-electron chi connectivity index (χ4n) is 2.98. The molecule has 0 aliphatic rings. The fraction of sp³-hybridized carbons (Fsp3) is 0.850. The Kier molecular flexibility index (Phi) is 18.2. The molecule has 0 spiro atoms. The summed E-state index contributed by atoms with van der Waals surface area (Å²) in [6, 6.07) is -1.49.